The number of likely N-dealkylation sites (tertiary alicyclic amines) is 1. The quantitative estimate of drug-likeness (QED) is 0.494. The van der Waals surface area contributed by atoms with Gasteiger partial charge >= 0.3 is 12.1 Å². The number of carboxylic acids is 1. The van der Waals surface area contributed by atoms with E-state index in [1.165, 1.54) is 10.8 Å². The van der Waals surface area contributed by atoms with Crippen LogP contribution in [0.25, 0.3) is 0 Å². The fraction of sp³-hybridized carbons (Fsp3) is 0.800. The number of nitrogens with one attached hydrogen (secondary N) is 1. The van der Waals surface area contributed by atoms with Crippen molar-refractivity contribution in [2.75, 3.05) is 31.1 Å². The lowest BCUT2D eigenvalue weighted by Crippen LogP contribution is -2.38. The van der Waals surface area contributed by atoms with Crippen LogP contribution < -0.4 is 5.32 Å². The molecule has 0 aromatic rings. The van der Waals surface area contributed by atoms with Crippen LogP contribution in [0.15, 0.2) is 0 Å². The molecular weight excluding hydrogens is 352 g/mol. The smallest absolute Gasteiger partial charge is 0.410 e. The molecule has 1 saturated heterocycles. The predicted molar refractivity (Wildman–Crippen MR) is 96.1 cm³/mol. The predicted octanol–water partition coefficient (Wildman–Crippen LogP) is 2.22. The Morgan fingerprint density at radius 1 is 1.25 bits per heavy atom. The Kier molecular flexibility index (Phi) is 8.75. The molecule has 0 aliphatic carbocycles. The summed E-state index contributed by atoms with van der Waals surface area (Å²) in [6.07, 6.45) is 0.418. The molecule has 0 aromatic carbocycles. The van der Waals surface area contributed by atoms with Gasteiger partial charge in [-0.3, -0.25) is 9.59 Å². The van der Waals surface area contributed by atoms with Crippen LogP contribution in [0.5, 0.6) is 0 Å². The SMILES string of the molecule is CC(C)(C)OC(=O)N1CCC(C(=O)NCCSSCCC(=O)O)C1. The minimum absolute atomic E-state index is 0.0443. The molecule has 1 aliphatic heterocycles. The van der Waals surface area contributed by atoms with Gasteiger partial charge in [0.15, 0.2) is 0 Å². The topological polar surface area (TPSA) is 95.9 Å². The van der Waals surface area contributed by atoms with Crippen molar-refractivity contribution in [3.63, 3.8) is 0 Å². The molecule has 0 spiro atoms. The molecular formula is C15H26N2O5S2. The summed E-state index contributed by atoms with van der Waals surface area (Å²) in [6, 6.07) is 0. The molecule has 0 radical (unpaired) electrons. The highest BCUT2D eigenvalue weighted by Gasteiger charge is 2.33. The second kappa shape index (κ2) is 10.0. The molecule has 1 rings (SSSR count). The number of carbonyl (C=O) groups is 3. The molecule has 1 heterocycles. The lowest BCUT2D eigenvalue weighted by molar-refractivity contribution is -0.136. The van der Waals surface area contributed by atoms with Gasteiger partial charge in [-0.2, -0.15) is 0 Å². The molecule has 9 heteroatoms. The molecule has 2 amide bonds. The lowest BCUT2D eigenvalue weighted by atomic mass is 10.1. The Hall–Kier alpha value is -1.09. The number of hydrogen-bond donors (Lipinski definition) is 2. The largest absolute Gasteiger partial charge is 0.481 e. The van der Waals surface area contributed by atoms with E-state index in [1.807, 2.05) is 20.8 Å². The van der Waals surface area contributed by atoms with Gasteiger partial charge in [-0.15, -0.1) is 0 Å². The van der Waals surface area contributed by atoms with E-state index < -0.39 is 11.6 Å². The minimum Gasteiger partial charge on any atom is -0.481 e. The van der Waals surface area contributed by atoms with Crippen molar-refractivity contribution in [1.82, 2.24) is 10.2 Å². The van der Waals surface area contributed by atoms with Gasteiger partial charge < -0.3 is 20.1 Å². The number of carboxylic acid groups (broad SMARTS) is 1. The number of aliphatic carboxylic acids is 1. The number of rotatable bonds is 8. The fourth-order valence-corrected chi connectivity index (χ4v) is 3.96. The van der Waals surface area contributed by atoms with E-state index in [0.29, 0.717) is 31.8 Å². The van der Waals surface area contributed by atoms with Gasteiger partial charge in [0, 0.05) is 31.1 Å². The number of ether oxygens (including phenoxy) is 1. The Morgan fingerprint density at radius 3 is 2.54 bits per heavy atom. The average Bonchev–Trinajstić information content (AvgIpc) is 2.94. The summed E-state index contributed by atoms with van der Waals surface area (Å²) in [4.78, 5) is 36.0. The molecule has 0 aromatic heterocycles. The van der Waals surface area contributed by atoms with Crippen LogP contribution in [0, 0.1) is 5.92 Å². The number of amides is 2. The maximum atomic E-state index is 12.1. The normalized spacial score (nSPS) is 17.6. The first-order valence-electron chi connectivity index (χ1n) is 7.91. The molecule has 2 N–H and O–H groups in total. The first-order chi connectivity index (χ1) is 11.2. The molecule has 24 heavy (non-hydrogen) atoms. The van der Waals surface area contributed by atoms with Gasteiger partial charge in [0.2, 0.25) is 5.91 Å². The van der Waals surface area contributed by atoms with E-state index in [0.717, 1.165) is 5.75 Å². The van der Waals surface area contributed by atoms with E-state index in [-0.39, 0.29) is 24.3 Å². The van der Waals surface area contributed by atoms with Crippen molar-refractivity contribution in [2.24, 2.45) is 5.92 Å². The van der Waals surface area contributed by atoms with Crippen LogP contribution in [0.1, 0.15) is 33.6 Å². The molecule has 0 saturated carbocycles. The van der Waals surface area contributed by atoms with Crippen molar-refractivity contribution in [1.29, 1.82) is 0 Å². The third kappa shape index (κ3) is 8.68. The number of hydrogen-bond acceptors (Lipinski definition) is 6. The van der Waals surface area contributed by atoms with Gasteiger partial charge in [0.1, 0.15) is 5.60 Å². The minimum atomic E-state index is -0.799. The number of carbonyl (C=O) groups excluding carboxylic acids is 2. The summed E-state index contributed by atoms with van der Waals surface area (Å²) >= 11 is 0. The Balaban J connectivity index is 2.16. The lowest BCUT2D eigenvalue weighted by Gasteiger charge is -2.24. The molecule has 1 atom stereocenters. The third-order valence-electron chi connectivity index (χ3n) is 3.18. The van der Waals surface area contributed by atoms with E-state index in [4.69, 9.17) is 9.84 Å². The van der Waals surface area contributed by atoms with Crippen LogP contribution in [0.3, 0.4) is 0 Å². The molecule has 1 fully saturated rings. The van der Waals surface area contributed by atoms with Crippen LogP contribution >= 0.6 is 21.6 Å². The van der Waals surface area contributed by atoms with Crippen LogP contribution in [-0.2, 0) is 14.3 Å². The highest BCUT2D eigenvalue weighted by Crippen LogP contribution is 2.22. The molecule has 0 bridgehead atoms. The van der Waals surface area contributed by atoms with Crippen molar-refractivity contribution in [3.8, 4) is 0 Å². The fourth-order valence-electron chi connectivity index (χ4n) is 2.07. The molecule has 1 unspecified atom stereocenters. The zero-order valence-electron chi connectivity index (χ0n) is 14.4. The molecule has 1 aliphatic rings. The second-order valence-electron chi connectivity index (χ2n) is 6.49. The number of nitrogens with zero attached hydrogens (tertiary/aromatic N) is 1. The van der Waals surface area contributed by atoms with Crippen molar-refractivity contribution in [3.05, 3.63) is 0 Å². The van der Waals surface area contributed by atoms with Crippen LogP contribution in [0.4, 0.5) is 4.79 Å². The van der Waals surface area contributed by atoms with Crippen molar-refractivity contribution in [2.45, 2.75) is 39.2 Å². The van der Waals surface area contributed by atoms with E-state index in [2.05, 4.69) is 5.32 Å². The summed E-state index contributed by atoms with van der Waals surface area (Å²) in [7, 11) is 3.04. The summed E-state index contributed by atoms with van der Waals surface area (Å²) < 4.78 is 5.31. The first kappa shape index (κ1) is 21.0. The van der Waals surface area contributed by atoms with Gasteiger partial charge in [-0.1, -0.05) is 21.6 Å². The standard InChI is InChI=1S/C15H26N2O5S2/c1-15(2,3)22-14(21)17-7-4-11(10-17)13(20)16-6-9-24-23-8-5-12(18)19/h11H,4-10H2,1-3H3,(H,16,20)(H,18,19). The zero-order valence-corrected chi connectivity index (χ0v) is 16.0. The maximum absolute atomic E-state index is 12.1. The molecule has 138 valence electrons. The van der Waals surface area contributed by atoms with Gasteiger partial charge in [0.05, 0.1) is 12.3 Å². The monoisotopic (exact) mass is 378 g/mol. The van der Waals surface area contributed by atoms with Crippen LogP contribution in [-0.4, -0.2) is 64.7 Å². The summed E-state index contributed by atoms with van der Waals surface area (Å²) in [5.74, 6) is 0.242. The van der Waals surface area contributed by atoms with E-state index in [1.54, 1.807) is 15.7 Å². The van der Waals surface area contributed by atoms with Gasteiger partial charge in [-0.25, -0.2) is 4.79 Å². The molecule has 7 nitrogen and oxygen atoms in total. The second-order valence-corrected chi connectivity index (χ2v) is 9.19. The first-order valence-corrected chi connectivity index (χ1v) is 10.4. The van der Waals surface area contributed by atoms with Gasteiger partial charge in [-0.05, 0) is 27.2 Å². The average molecular weight is 379 g/mol. The Bertz CT molecular complexity index is 454. The van der Waals surface area contributed by atoms with E-state index in [9.17, 15) is 14.4 Å². The Morgan fingerprint density at radius 2 is 1.92 bits per heavy atom. The zero-order chi connectivity index (χ0) is 18.2. The summed E-state index contributed by atoms with van der Waals surface area (Å²) in [5, 5.41) is 11.4. The maximum Gasteiger partial charge on any atom is 0.410 e. The summed E-state index contributed by atoms with van der Waals surface area (Å²) in [5.41, 5.74) is -0.535. The van der Waals surface area contributed by atoms with Crippen molar-refractivity contribution >= 4 is 39.6 Å². The Labute approximate surface area is 150 Å². The van der Waals surface area contributed by atoms with E-state index >= 15 is 0 Å². The highest BCUT2D eigenvalue weighted by molar-refractivity contribution is 8.76. The van der Waals surface area contributed by atoms with Crippen LogP contribution in [0.2, 0.25) is 0 Å². The summed E-state index contributed by atoms with van der Waals surface area (Å²) in [6.45, 7) is 6.91. The van der Waals surface area contributed by atoms with Crippen molar-refractivity contribution < 1.29 is 24.2 Å². The third-order valence-corrected chi connectivity index (χ3v) is 5.59. The highest BCUT2D eigenvalue weighted by atomic mass is 33.1. The van der Waals surface area contributed by atoms with Gasteiger partial charge in [0.25, 0.3) is 0 Å².